The number of nitrogens with two attached hydrogens (primary N) is 1. The third-order valence-corrected chi connectivity index (χ3v) is 3.50. The van der Waals surface area contributed by atoms with Crippen LogP contribution in [0.2, 0.25) is 0 Å². The number of hydrogen-bond acceptors (Lipinski definition) is 2. The molecular weight excluding hydrogens is 241 g/mol. The minimum Gasteiger partial charge on any atom is -0.374 e. The molecule has 0 radical (unpaired) electrons. The molecule has 1 atom stereocenters. The number of hydrogen-bond donors (Lipinski definition) is 1. The molecule has 0 saturated heterocycles. The van der Waals surface area contributed by atoms with Gasteiger partial charge in [-0.3, -0.25) is 0 Å². The quantitative estimate of drug-likeness (QED) is 0.901. The van der Waals surface area contributed by atoms with Crippen molar-refractivity contribution < 1.29 is 13.2 Å². The second-order valence-electron chi connectivity index (χ2n) is 4.81. The Morgan fingerprint density at radius 1 is 1.39 bits per heavy atom. The van der Waals surface area contributed by atoms with Crippen molar-refractivity contribution in [1.82, 2.24) is 0 Å². The van der Waals surface area contributed by atoms with Crippen molar-refractivity contribution in [3.05, 3.63) is 29.3 Å². The number of halogens is 3. The number of benzene rings is 1. The van der Waals surface area contributed by atoms with Gasteiger partial charge in [0.25, 0.3) is 0 Å². The van der Waals surface area contributed by atoms with Gasteiger partial charge in [0.15, 0.2) is 0 Å². The highest BCUT2D eigenvalue weighted by Crippen LogP contribution is 2.31. The molecule has 5 heteroatoms. The molecule has 100 valence electrons. The van der Waals surface area contributed by atoms with Gasteiger partial charge in [0.2, 0.25) is 0 Å². The highest BCUT2D eigenvalue weighted by Gasteiger charge is 2.38. The lowest BCUT2D eigenvalue weighted by molar-refractivity contribution is -0.171. The zero-order valence-electron chi connectivity index (χ0n) is 10.3. The lowest BCUT2D eigenvalue weighted by atomic mass is 9.97. The largest absolute Gasteiger partial charge is 0.393 e. The molecular formula is C13H17F3N2. The normalized spacial score (nSPS) is 16.8. The summed E-state index contributed by atoms with van der Waals surface area (Å²) in [5.74, 6) is -1.45. The highest BCUT2D eigenvalue weighted by molar-refractivity contribution is 5.58. The molecule has 2 rings (SSSR count). The van der Waals surface area contributed by atoms with Crippen LogP contribution in [-0.2, 0) is 12.8 Å². The summed E-state index contributed by atoms with van der Waals surface area (Å²) >= 11 is 0. The van der Waals surface area contributed by atoms with Crippen molar-refractivity contribution in [3.8, 4) is 0 Å². The molecule has 2 nitrogen and oxygen atoms in total. The van der Waals surface area contributed by atoms with Crippen LogP contribution in [0.15, 0.2) is 18.2 Å². The summed E-state index contributed by atoms with van der Waals surface area (Å²) in [4.78, 5) is 2.11. The molecule has 1 aromatic rings. The second kappa shape index (κ2) is 4.80. The number of rotatable bonds is 3. The Bertz CT molecular complexity index is 429. The average Bonchev–Trinajstić information content (AvgIpc) is 2.66. The van der Waals surface area contributed by atoms with Crippen LogP contribution in [0, 0.1) is 5.92 Å². The fourth-order valence-corrected chi connectivity index (χ4v) is 2.36. The van der Waals surface area contributed by atoms with Crippen molar-refractivity contribution in [2.24, 2.45) is 11.7 Å². The van der Waals surface area contributed by atoms with Crippen LogP contribution >= 0.6 is 0 Å². The maximum absolute atomic E-state index is 12.7. The smallest absolute Gasteiger partial charge is 0.374 e. The van der Waals surface area contributed by atoms with Gasteiger partial charge in [0.1, 0.15) is 0 Å². The first-order valence-corrected chi connectivity index (χ1v) is 6.01. The van der Waals surface area contributed by atoms with E-state index in [2.05, 4.69) is 4.90 Å². The van der Waals surface area contributed by atoms with E-state index in [0.717, 1.165) is 29.8 Å². The molecule has 1 aliphatic rings. The molecule has 0 spiro atoms. The molecule has 0 amide bonds. The first kappa shape index (κ1) is 13.2. The van der Waals surface area contributed by atoms with Gasteiger partial charge in [-0.2, -0.15) is 13.2 Å². The summed E-state index contributed by atoms with van der Waals surface area (Å²) in [6.07, 6.45) is -3.35. The first-order chi connectivity index (χ1) is 8.41. The molecule has 1 aliphatic heterocycles. The summed E-state index contributed by atoms with van der Waals surface area (Å²) in [6.45, 7) is 0.568. The summed E-state index contributed by atoms with van der Waals surface area (Å²) in [5.41, 5.74) is 8.19. The van der Waals surface area contributed by atoms with Gasteiger partial charge in [-0.25, -0.2) is 0 Å². The number of nitrogens with zero attached hydrogens (tertiary/aromatic N) is 1. The SMILES string of the molecule is CN1CCc2cc(CC(CN)C(F)(F)F)ccc21. The van der Waals surface area contributed by atoms with E-state index >= 15 is 0 Å². The Hall–Kier alpha value is -1.23. The lowest BCUT2D eigenvalue weighted by Gasteiger charge is -2.19. The Labute approximate surface area is 105 Å². The third kappa shape index (κ3) is 2.61. The molecule has 2 N–H and O–H groups in total. The van der Waals surface area contributed by atoms with Gasteiger partial charge in [0, 0.05) is 25.8 Å². The van der Waals surface area contributed by atoms with Crippen LogP contribution in [0.3, 0.4) is 0 Å². The van der Waals surface area contributed by atoms with Gasteiger partial charge >= 0.3 is 6.18 Å². The third-order valence-electron chi connectivity index (χ3n) is 3.50. The fourth-order valence-electron chi connectivity index (χ4n) is 2.36. The van der Waals surface area contributed by atoms with E-state index in [1.807, 2.05) is 19.2 Å². The first-order valence-electron chi connectivity index (χ1n) is 6.01. The van der Waals surface area contributed by atoms with E-state index in [9.17, 15) is 13.2 Å². The molecule has 0 aliphatic carbocycles. The minimum absolute atomic E-state index is 0.0308. The topological polar surface area (TPSA) is 29.3 Å². The van der Waals surface area contributed by atoms with Crippen molar-refractivity contribution >= 4 is 5.69 Å². The number of fused-ring (bicyclic) bond motifs is 1. The average molecular weight is 258 g/mol. The van der Waals surface area contributed by atoms with Crippen LogP contribution in [0.5, 0.6) is 0 Å². The monoisotopic (exact) mass is 258 g/mol. The molecule has 1 heterocycles. The molecule has 0 fully saturated rings. The second-order valence-corrected chi connectivity index (χ2v) is 4.81. The van der Waals surface area contributed by atoms with Crippen LogP contribution in [0.25, 0.3) is 0 Å². The van der Waals surface area contributed by atoms with Gasteiger partial charge < -0.3 is 10.6 Å². The Balaban J connectivity index is 2.16. The van der Waals surface area contributed by atoms with Crippen LogP contribution in [-0.4, -0.2) is 26.3 Å². The summed E-state index contributed by atoms with van der Waals surface area (Å²) < 4.78 is 38.0. The number of likely N-dealkylation sites (N-methyl/N-ethyl adjacent to an activating group) is 1. The summed E-state index contributed by atoms with van der Waals surface area (Å²) in [7, 11) is 1.99. The van der Waals surface area contributed by atoms with Crippen LogP contribution in [0.4, 0.5) is 18.9 Å². The molecule has 18 heavy (non-hydrogen) atoms. The lowest BCUT2D eigenvalue weighted by Crippen LogP contribution is -2.31. The molecule has 0 aromatic heterocycles. The van der Waals surface area contributed by atoms with E-state index in [1.54, 1.807) is 6.07 Å². The predicted octanol–water partition coefficient (Wildman–Crippen LogP) is 2.36. The number of anilines is 1. The summed E-state index contributed by atoms with van der Waals surface area (Å²) in [5, 5.41) is 0. The Kier molecular flexibility index (Phi) is 3.52. The predicted molar refractivity (Wildman–Crippen MR) is 65.7 cm³/mol. The maximum atomic E-state index is 12.7. The van der Waals surface area contributed by atoms with Gasteiger partial charge in [-0.15, -0.1) is 0 Å². The molecule has 1 unspecified atom stereocenters. The van der Waals surface area contributed by atoms with E-state index < -0.39 is 12.1 Å². The van der Waals surface area contributed by atoms with E-state index in [1.165, 1.54) is 0 Å². The van der Waals surface area contributed by atoms with Crippen molar-refractivity contribution in [2.75, 3.05) is 25.0 Å². The molecule has 1 aromatic carbocycles. The molecule has 0 bridgehead atoms. The van der Waals surface area contributed by atoms with Crippen molar-refractivity contribution in [1.29, 1.82) is 0 Å². The van der Waals surface area contributed by atoms with E-state index in [0.29, 0.717) is 0 Å². The standard InChI is InChI=1S/C13H17F3N2/c1-18-5-4-10-6-9(2-3-12(10)18)7-11(8-17)13(14,15)16/h2-3,6,11H,4-5,7-8,17H2,1H3. The highest BCUT2D eigenvalue weighted by atomic mass is 19.4. The zero-order valence-corrected chi connectivity index (χ0v) is 10.3. The zero-order chi connectivity index (χ0) is 13.3. The van der Waals surface area contributed by atoms with Crippen molar-refractivity contribution in [3.63, 3.8) is 0 Å². The van der Waals surface area contributed by atoms with Gasteiger partial charge in [-0.1, -0.05) is 12.1 Å². The number of alkyl halides is 3. The van der Waals surface area contributed by atoms with Crippen LogP contribution < -0.4 is 10.6 Å². The van der Waals surface area contributed by atoms with Gasteiger partial charge in [0.05, 0.1) is 5.92 Å². The fraction of sp³-hybridized carbons (Fsp3) is 0.538. The minimum atomic E-state index is -4.22. The maximum Gasteiger partial charge on any atom is 0.393 e. The summed E-state index contributed by atoms with van der Waals surface area (Å²) in [6, 6.07) is 5.56. The Morgan fingerprint density at radius 2 is 2.11 bits per heavy atom. The van der Waals surface area contributed by atoms with Gasteiger partial charge in [-0.05, 0) is 30.0 Å². The molecule has 0 saturated carbocycles. The van der Waals surface area contributed by atoms with Crippen LogP contribution in [0.1, 0.15) is 11.1 Å². The van der Waals surface area contributed by atoms with E-state index in [-0.39, 0.29) is 13.0 Å². The van der Waals surface area contributed by atoms with Crippen molar-refractivity contribution in [2.45, 2.75) is 19.0 Å². The Morgan fingerprint density at radius 3 is 2.72 bits per heavy atom. The van der Waals surface area contributed by atoms with E-state index in [4.69, 9.17) is 5.73 Å².